The van der Waals surface area contributed by atoms with Crippen molar-refractivity contribution in [2.45, 2.75) is 6.17 Å². The number of nitriles is 1. The molecule has 2 N–H and O–H groups in total. The normalized spacial score (nSPS) is 13.6. The molecule has 0 fully saturated rings. The van der Waals surface area contributed by atoms with Crippen LogP contribution in [0, 0.1) is 11.3 Å². The minimum atomic E-state index is -0.417. The molecule has 0 saturated heterocycles. The largest absolute Gasteiger partial charge is 0.359 e. The first kappa shape index (κ1) is 33.4. The van der Waals surface area contributed by atoms with E-state index >= 15 is 0 Å². The SMILES string of the molecule is N#Cc1ccc(C2N=C(Nc3cccc(-c4cccc5c4c4ccccc4n5-c4ccccc4)c3-c3ccccc3)c3ccc4ccccc4c3N2)c2ccccc12. The standard InChI is InChI=1S/C53H35N5/c54-33-36-30-31-43(40-22-10-9-20-38(36)40)52-56-51-39-21-8-7-15-34(39)29-32-45(51)53(57-52)55-46-26-13-24-41(49(46)35-16-3-1-4-17-35)42-25-14-28-48-50(42)44-23-11-12-27-47(44)58(48)37-18-5-2-6-19-37/h1-32,52,56H,(H,55,57). The Morgan fingerprint density at radius 1 is 0.534 bits per heavy atom. The van der Waals surface area contributed by atoms with Gasteiger partial charge in [-0.1, -0.05) is 152 Å². The molecule has 1 aromatic heterocycles. The Morgan fingerprint density at radius 2 is 1.21 bits per heavy atom. The van der Waals surface area contributed by atoms with Gasteiger partial charge < -0.3 is 15.2 Å². The molecule has 272 valence electrons. The number of hydrogen-bond donors (Lipinski definition) is 2. The van der Waals surface area contributed by atoms with E-state index in [0.29, 0.717) is 5.56 Å². The lowest BCUT2D eigenvalue weighted by Gasteiger charge is -2.29. The number of fused-ring (bicyclic) bond motifs is 7. The summed E-state index contributed by atoms with van der Waals surface area (Å²) in [5.41, 5.74) is 12.6. The van der Waals surface area contributed by atoms with Gasteiger partial charge in [0.05, 0.1) is 28.4 Å². The van der Waals surface area contributed by atoms with Gasteiger partial charge in [0.1, 0.15) is 12.0 Å². The monoisotopic (exact) mass is 741 g/mol. The lowest BCUT2D eigenvalue weighted by Crippen LogP contribution is -2.25. The van der Waals surface area contributed by atoms with Crippen molar-refractivity contribution in [2.24, 2.45) is 4.99 Å². The molecule has 1 atom stereocenters. The van der Waals surface area contributed by atoms with Gasteiger partial charge in [0.15, 0.2) is 0 Å². The number of rotatable bonds is 5. The molecule has 1 aliphatic rings. The average molecular weight is 742 g/mol. The minimum Gasteiger partial charge on any atom is -0.359 e. The van der Waals surface area contributed by atoms with Gasteiger partial charge in [0, 0.05) is 44.2 Å². The second-order valence-corrected chi connectivity index (χ2v) is 14.7. The Balaban J connectivity index is 1.14. The van der Waals surface area contributed by atoms with Gasteiger partial charge in [0.2, 0.25) is 0 Å². The molecule has 0 saturated carbocycles. The smallest absolute Gasteiger partial charge is 0.147 e. The molecule has 11 rings (SSSR count). The van der Waals surface area contributed by atoms with E-state index in [1.807, 2.05) is 30.3 Å². The summed E-state index contributed by atoms with van der Waals surface area (Å²) >= 11 is 0. The van der Waals surface area contributed by atoms with E-state index < -0.39 is 6.17 Å². The molecule has 0 bridgehead atoms. The first-order valence-corrected chi connectivity index (χ1v) is 19.6. The molecular weight excluding hydrogens is 707 g/mol. The summed E-state index contributed by atoms with van der Waals surface area (Å²) in [4.78, 5) is 5.47. The van der Waals surface area contributed by atoms with Crippen molar-refractivity contribution in [3.8, 4) is 34.0 Å². The zero-order valence-corrected chi connectivity index (χ0v) is 31.4. The molecule has 1 unspecified atom stereocenters. The van der Waals surface area contributed by atoms with Gasteiger partial charge in [0.25, 0.3) is 0 Å². The summed E-state index contributed by atoms with van der Waals surface area (Å²) in [7, 11) is 0. The molecule has 0 spiro atoms. The first-order chi connectivity index (χ1) is 28.7. The number of hydrogen-bond acceptors (Lipinski definition) is 4. The van der Waals surface area contributed by atoms with Crippen LogP contribution in [-0.4, -0.2) is 10.4 Å². The van der Waals surface area contributed by atoms with E-state index in [9.17, 15) is 5.26 Å². The van der Waals surface area contributed by atoms with Crippen molar-refractivity contribution in [1.29, 1.82) is 5.26 Å². The van der Waals surface area contributed by atoms with Crippen LogP contribution in [0.4, 0.5) is 11.4 Å². The van der Waals surface area contributed by atoms with Crippen LogP contribution < -0.4 is 10.6 Å². The Kier molecular flexibility index (Phi) is 7.87. The van der Waals surface area contributed by atoms with Crippen molar-refractivity contribution in [3.05, 3.63) is 211 Å². The van der Waals surface area contributed by atoms with E-state index in [1.54, 1.807) is 0 Å². The maximum absolute atomic E-state index is 9.98. The maximum atomic E-state index is 9.98. The average Bonchev–Trinajstić information content (AvgIpc) is 3.64. The van der Waals surface area contributed by atoms with Gasteiger partial charge in [-0.15, -0.1) is 0 Å². The number of nitrogens with zero attached hydrogens (tertiary/aromatic N) is 3. The maximum Gasteiger partial charge on any atom is 0.147 e. The molecule has 2 heterocycles. The van der Waals surface area contributed by atoms with Crippen LogP contribution >= 0.6 is 0 Å². The van der Waals surface area contributed by atoms with Crippen LogP contribution in [0.25, 0.3) is 71.3 Å². The summed E-state index contributed by atoms with van der Waals surface area (Å²) in [6, 6.07) is 70.4. The van der Waals surface area contributed by atoms with Gasteiger partial charge in [-0.3, -0.25) is 0 Å². The number of aromatic nitrogens is 1. The third-order valence-corrected chi connectivity index (χ3v) is 11.5. The Labute approximate surface area is 335 Å². The van der Waals surface area contributed by atoms with Crippen LogP contribution in [0.1, 0.15) is 22.9 Å². The summed E-state index contributed by atoms with van der Waals surface area (Å²) in [6.07, 6.45) is -0.417. The van der Waals surface area contributed by atoms with Crippen molar-refractivity contribution in [3.63, 3.8) is 0 Å². The second-order valence-electron chi connectivity index (χ2n) is 14.7. The van der Waals surface area contributed by atoms with Crippen LogP contribution in [0.5, 0.6) is 0 Å². The van der Waals surface area contributed by atoms with Crippen LogP contribution in [0.2, 0.25) is 0 Å². The number of aliphatic imine (C=N–C) groups is 1. The zero-order valence-electron chi connectivity index (χ0n) is 31.4. The molecule has 0 aliphatic carbocycles. The summed E-state index contributed by atoms with van der Waals surface area (Å²) in [5.74, 6) is 0.770. The van der Waals surface area contributed by atoms with Crippen molar-refractivity contribution in [1.82, 2.24) is 4.57 Å². The van der Waals surface area contributed by atoms with Gasteiger partial charge in [-0.2, -0.15) is 5.26 Å². The zero-order chi connectivity index (χ0) is 38.6. The number of anilines is 2. The fourth-order valence-electron chi connectivity index (χ4n) is 8.92. The quantitative estimate of drug-likeness (QED) is 0.185. The number of nitrogens with one attached hydrogen (secondary N) is 2. The van der Waals surface area contributed by atoms with E-state index in [0.717, 1.165) is 83.3 Å². The highest BCUT2D eigenvalue weighted by molar-refractivity contribution is 6.20. The molecule has 0 amide bonds. The molecule has 9 aromatic carbocycles. The van der Waals surface area contributed by atoms with Crippen LogP contribution in [0.15, 0.2) is 199 Å². The first-order valence-electron chi connectivity index (χ1n) is 19.6. The highest BCUT2D eigenvalue weighted by atomic mass is 15.2. The Bertz CT molecular complexity index is 3300. The molecule has 5 nitrogen and oxygen atoms in total. The van der Waals surface area contributed by atoms with Gasteiger partial charge >= 0.3 is 0 Å². The minimum absolute atomic E-state index is 0.417. The molecule has 5 heteroatoms. The predicted molar refractivity (Wildman–Crippen MR) is 241 cm³/mol. The fraction of sp³-hybridized carbons (Fsp3) is 0.0189. The van der Waals surface area contributed by atoms with E-state index in [-0.39, 0.29) is 0 Å². The predicted octanol–water partition coefficient (Wildman–Crippen LogP) is 13.3. The number of amidine groups is 1. The molecule has 58 heavy (non-hydrogen) atoms. The fourth-order valence-corrected chi connectivity index (χ4v) is 8.92. The topological polar surface area (TPSA) is 65.1 Å². The number of para-hydroxylation sites is 2. The van der Waals surface area contributed by atoms with Gasteiger partial charge in [-0.05, 0) is 75.3 Å². The highest BCUT2D eigenvalue weighted by Gasteiger charge is 2.27. The molecule has 0 radical (unpaired) electrons. The number of benzene rings is 9. The Hall–Kier alpha value is -7.94. The highest BCUT2D eigenvalue weighted by Crippen LogP contribution is 2.45. The Morgan fingerprint density at radius 3 is 2.03 bits per heavy atom. The van der Waals surface area contributed by atoms with E-state index in [1.165, 1.54) is 16.3 Å². The molecule has 1 aliphatic heterocycles. The van der Waals surface area contributed by atoms with Crippen LogP contribution in [0.3, 0.4) is 0 Å². The van der Waals surface area contributed by atoms with Crippen molar-refractivity contribution >= 4 is 60.6 Å². The summed E-state index contributed by atoms with van der Waals surface area (Å²) < 4.78 is 2.37. The van der Waals surface area contributed by atoms with Gasteiger partial charge in [-0.25, -0.2) is 4.99 Å². The lowest BCUT2D eigenvalue weighted by atomic mass is 9.90. The molecule has 10 aromatic rings. The molecular formula is C53H35N5. The third-order valence-electron chi connectivity index (χ3n) is 11.5. The van der Waals surface area contributed by atoms with Crippen molar-refractivity contribution in [2.75, 3.05) is 10.6 Å². The van der Waals surface area contributed by atoms with Crippen molar-refractivity contribution < 1.29 is 0 Å². The summed E-state index contributed by atoms with van der Waals surface area (Å²) in [5, 5.41) is 24.3. The third kappa shape index (κ3) is 5.35. The van der Waals surface area contributed by atoms with E-state index in [2.05, 4.69) is 185 Å². The second kappa shape index (κ2) is 13.7. The van der Waals surface area contributed by atoms with Crippen LogP contribution in [-0.2, 0) is 0 Å². The lowest BCUT2D eigenvalue weighted by molar-refractivity contribution is 0.837. The van der Waals surface area contributed by atoms with E-state index in [4.69, 9.17) is 4.99 Å². The summed E-state index contributed by atoms with van der Waals surface area (Å²) in [6.45, 7) is 0.